The Kier molecular flexibility index (Phi) is 4.40. The lowest BCUT2D eigenvalue weighted by molar-refractivity contribution is -0.196. The smallest absolute Gasteiger partial charge is 0.312 e. The van der Waals surface area contributed by atoms with E-state index in [1.807, 2.05) is 0 Å². The molecule has 1 aromatic heterocycles. The highest BCUT2D eigenvalue weighted by Crippen LogP contribution is 2.61. The number of amides is 1. The number of anilines is 1. The van der Waals surface area contributed by atoms with Crippen LogP contribution in [0.1, 0.15) is 38.5 Å². The number of hydrogen-bond acceptors (Lipinski definition) is 5. The van der Waals surface area contributed by atoms with E-state index >= 15 is 0 Å². The van der Waals surface area contributed by atoms with Gasteiger partial charge in [0.1, 0.15) is 0 Å². The van der Waals surface area contributed by atoms with E-state index in [4.69, 9.17) is 27.9 Å². The quantitative estimate of drug-likeness (QED) is 0.760. The van der Waals surface area contributed by atoms with E-state index < -0.39 is 23.5 Å². The van der Waals surface area contributed by atoms with Crippen LogP contribution >= 0.6 is 23.2 Å². The molecule has 1 amide bonds. The zero-order valence-electron chi connectivity index (χ0n) is 14.1. The summed E-state index contributed by atoms with van der Waals surface area (Å²) in [4.78, 5) is 28.7. The maximum Gasteiger partial charge on any atom is 0.312 e. The van der Waals surface area contributed by atoms with Gasteiger partial charge in [0.2, 0.25) is 0 Å². The van der Waals surface area contributed by atoms with Gasteiger partial charge in [0.05, 0.1) is 21.1 Å². The van der Waals surface area contributed by atoms with E-state index in [2.05, 4.69) is 10.3 Å². The van der Waals surface area contributed by atoms with E-state index in [1.165, 1.54) is 12.3 Å². The van der Waals surface area contributed by atoms with Crippen LogP contribution in [-0.2, 0) is 14.3 Å². The highest BCUT2D eigenvalue weighted by molar-refractivity contribution is 6.36. The number of rotatable bonds is 4. The van der Waals surface area contributed by atoms with Gasteiger partial charge in [0, 0.05) is 6.20 Å². The summed E-state index contributed by atoms with van der Waals surface area (Å²) in [7, 11) is 0. The fourth-order valence-corrected chi connectivity index (χ4v) is 5.84. The summed E-state index contributed by atoms with van der Waals surface area (Å²) in [5.74, 6) is 0.0227. The molecule has 0 aromatic carbocycles. The first kappa shape index (κ1) is 18.0. The number of ether oxygens (including phenoxy) is 1. The van der Waals surface area contributed by atoms with Crippen molar-refractivity contribution in [2.45, 2.75) is 44.1 Å². The minimum absolute atomic E-state index is 0.168. The molecule has 2 unspecified atom stereocenters. The first-order valence-corrected chi connectivity index (χ1v) is 9.53. The second-order valence-corrected chi connectivity index (χ2v) is 8.92. The molecule has 0 aliphatic heterocycles. The van der Waals surface area contributed by atoms with Gasteiger partial charge >= 0.3 is 5.97 Å². The van der Waals surface area contributed by atoms with Crippen molar-refractivity contribution in [1.82, 2.24) is 4.98 Å². The largest absolute Gasteiger partial charge is 0.455 e. The fraction of sp³-hybridized carbons (Fsp3) is 0.611. The summed E-state index contributed by atoms with van der Waals surface area (Å²) < 4.78 is 5.31. The molecule has 1 heterocycles. The lowest BCUT2D eigenvalue weighted by atomic mass is 9.48. The topological polar surface area (TPSA) is 88.5 Å². The predicted molar refractivity (Wildman–Crippen MR) is 95.9 cm³/mol. The molecule has 140 valence electrons. The van der Waals surface area contributed by atoms with E-state index in [1.54, 1.807) is 0 Å². The third kappa shape index (κ3) is 3.30. The van der Waals surface area contributed by atoms with Crippen molar-refractivity contribution in [3.05, 3.63) is 22.3 Å². The molecule has 26 heavy (non-hydrogen) atoms. The van der Waals surface area contributed by atoms with Gasteiger partial charge in [-0.25, -0.2) is 4.98 Å². The van der Waals surface area contributed by atoms with Gasteiger partial charge in [0.15, 0.2) is 12.4 Å². The average molecular weight is 399 g/mol. The summed E-state index contributed by atoms with van der Waals surface area (Å²) in [6.07, 6.45) is 5.94. The summed E-state index contributed by atoms with van der Waals surface area (Å²) in [5.41, 5.74) is -1.39. The van der Waals surface area contributed by atoms with Crippen LogP contribution in [0.15, 0.2) is 12.3 Å². The van der Waals surface area contributed by atoms with Crippen molar-refractivity contribution < 1.29 is 19.4 Å². The van der Waals surface area contributed by atoms with Crippen LogP contribution in [-0.4, -0.2) is 34.2 Å². The van der Waals surface area contributed by atoms with Gasteiger partial charge in [-0.15, -0.1) is 0 Å². The average Bonchev–Trinajstić information content (AvgIpc) is 2.53. The van der Waals surface area contributed by atoms with Crippen LogP contribution in [0.2, 0.25) is 10.0 Å². The predicted octanol–water partition coefficient (Wildman–Crippen LogP) is 3.20. The summed E-state index contributed by atoms with van der Waals surface area (Å²) in [6.45, 7) is -0.408. The Morgan fingerprint density at radius 3 is 2.58 bits per heavy atom. The standard InChI is InChI=1S/C18H20Cl2N2O4/c19-12-2-13(20)15(21-7-12)22-14(23)8-26-16(24)17-3-10-1-11(4-17)6-18(25,5-10)9-17/h2,7,10-11,25H,1,3-6,8-9H2,(H,21,22,23). The number of esters is 1. The van der Waals surface area contributed by atoms with Crippen LogP contribution in [0.4, 0.5) is 5.82 Å². The molecular formula is C18H20Cl2N2O4. The minimum atomic E-state index is -0.744. The maximum absolute atomic E-state index is 12.7. The van der Waals surface area contributed by atoms with Crippen molar-refractivity contribution in [2.24, 2.45) is 17.3 Å². The molecule has 4 fully saturated rings. The van der Waals surface area contributed by atoms with E-state index in [0.717, 1.165) is 32.1 Å². The number of pyridine rings is 1. The van der Waals surface area contributed by atoms with Gasteiger partial charge in [-0.2, -0.15) is 0 Å². The first-order chi connectivity index (χ1) is 12.3. The molecule has 4 bridgehead atoms. The van der Waals surface area contributed by atoms with Crippen LogP contribution in [0.5, 0.6) is 0 Å². The molecule has 2 atom stereocenters. The Morgan fingerprint density at radius 2 is 1.96 bits per heavy atom. The number of nitrogens with one attached hydrogen (secondary N) is 1. The minimum Gasteiger partial charge on any atom is -0.455 e. The van der Waals surface area contributed by atoms with Gasteiger partial charge in [-0.05, 0) is 56.4 Å². The number of carbonyl (C=O) groups is 2. The molecule has 1 aromatic rings. The van der Waals surface area contributed by atoms with E-state index in [0.29, 0.717) is 23.3 Å². The van der Waals surface area contributed by atoms with Crippen molar-refractivity contribution in [1.29, 1.82) is 0 Å². The third-order valence-corrected chi connectivity index (χ3v) is 6.36. The number of carbonyl (C=O) groups excluding carboxylic acids is 2. The monoisotopic (exact) mass is 398 g/mol. The Balaban J connectivity index is 1.37. The van der Waals surface area contributed by atoms with Gasteiger partial charge < -0.3 is 15.2 Å². The zero-order valence-corrected chi connectivity index (χ0v) is 15.6. The fourth-order valence-electron chi connectivity index (χ4n) is 5.41. The van der Waals surface area contributed by atoms with Gasteiger partial charge in [-0.3, -0.25) is 9.59 Å². The molecule has 5 rings (SSSR count). The Morgan fingerprint density at radius 1 is 1.27 bits per heavy atom. The third-order valence-electron chi connectivity index (χ3n) is 5.86. The number of nitrogens with zero attached hydrogens (tertiary/aromatic N) is 1. The van der Waals surface area contributed by atoms with Gasteiger partial charge in [0.25, 0.3) is 5.91 Å². The van der Waals surface area contributed by atoms with E-state index in [-0.39, 0.29) is 16.8 Å². The summed E-state index contributed by atoms with van der Waals surface area (Å²) in [6, 6.07) is 1.47. The van der Waals surface area contributed by atoms with Crippen LogP contribution in [0.3, 0.4) is 0 Å². The molecule has 0 radical (unpaired) electrons. The molecule has 4 aliphatic rings. The Bertz CT molecular complexity index is 756. The lowest BCUT2D eigenvalue weighted by Crippen LogP contribution is -2.58. The van der Waals surface area contributed by atoms with Crippen LogP contribution in [0.25, 0.3) is 0 Å². The maximum atomic E-state index is 12.7. The second-order valence-electron chi connectivity index (χ2n) is 8.07. The van der Waals surface area contributed by atoms with Crippen molar-refractivity contribution in [2.75, 3.05) is 11.9 Å². The number of aromatic nitrogens is 1. The highest BCUT2D eigenvalue weighted by atomic mass is 35.5. The number of aliphatic hydroxyl groups is 1. The highest BCUT2D eigenvalue weighted by Gasteiger charge is 2.60. The molecule has 8 heteroatoms. The van der Waals surface area contributed by atoms with Crippen molar-refractivity contribution >= 4 is 40.9 Å². The van der Waals surface area contributed by atoms with Crippen LogP contribution in [0, 0.1) is 17.3 Å². The first-order valence-electron chi connectivity index (χ1n) is 8.77. The Hall–Kier alpha value is -1.37. The molecule has 0 spiro atoms. The molecule has 2 N–H and O–H groups in total. The van der Waals surface area contributed by atoms with Crippen molar-refractivity contribution in [3.63, 3.8) is 0 Å². The molecule has 6 nitrogen and oxygen atoms in total. The van der Waals surface area contributed by atoms with Crippen molar-refractivity contribution in [3.8, 4) is 0 Å². The second kappa shape index (κ2) is 6.36. The SMILES string of the molecule is O=C(COC(=O)C12CC3CC(CC(O)(C3)C1)C2)Nc1ncc(Cl)cc1Cl. The van der Waals surface area contributed by atoms with E-state index in [9.17, 15) is 14.7 Å². The molecular weight excluding hydrogens is 379 g/mol. The number of hydrogen-bond donors (Lipinski definition) is 2. The molecule has 4 aliphatic carbocycles. The summed E-state index contributed by atoms with van der Waals surface area (Å²) >= 11 is 11.7. The molecule has 0 saturated heterocycles. The van der Waals surface area contributed by atoms with Crippen LogP contribution < -0.4 is 5.32 Å². The molecule has 4 saturated carbocycles. The normalized spacial score (nSPS) is 34.6. The number of halogens is 2. The lowest BCUT2D eigenvalue weighted by Gasteiger charge is -2.58. The van der Waals surface area contributed by atoms with Gasteiger partial charge in [-0.1, -0.05) is 23.2 Å². The summed E-state index contributed by atoms with van der Waals surface area (Å²) in [5, 5.41) is 13.8. The Labute approximate surface area is 161 Å². The zero-order chi connectivity index (χ0) is 18.5.